The van der Waals surface area contributed by atoms with Gasteiger partial charge >= 0.3 is 88.8 Å². The summed E-state index contributed by atoms with van der Waals surface area (Å²) in [6.07, 6.45) is 1.89. The van der Waals surface area contributed by atoms with Crippen LogP contribution in [0.1, 0.15) is 6.92 Å². The van der Waals surface area contributed by atoms with Crippen LogP contribution in [0, 0.1) is 0 Å². The zero-order valence-electron chi connectivity index (χ0n) is 9.09. The standard InChI is InChI=1S/C7H7N2O.3CH3.Sn/c1-6(10)9-7-4-2-3-5-8-7;;;;/h2,4-5H,1H3,(H,8,9,10);3*1H3;. The molecule has 1 aromatic heterocycles. The zero-order valence-corrected chi connectivity index (χ0v) is 11.9. The van der Waals surface area contributed by atoms with E-state index in [1.54, 1.807) is 0 Å². The van der Waals surface area contributed by atoms with E-state index in [2.05, 4.69) is 31.2 Å². The van der Waals surface area contributed by atoms with E-state index in [9.17, 15) is 4.79 Å². The number of anilines is 1. The van der Waals surface area contributed by atoms with Gasteiger partial charge in [-0.2, -0.15) is 0 Å². The number of pyridine rings is 1. The Labute approximate surface area is 88.8 Å². The van der Waals surface area contributed by atoms with Gasteiger partial charge in [-0.15, -0.1) is 0 Å². The molecule has 4 heteroatoms. The van der Waals surface area contributed by atoms with Crippen LogP contribution in [-0.2, 0) is 4.79 Å². The first-order chi connectivity index (χ1) is 6.39. The van der Waals surface area contributed by atoms with Crippen LogP contribution < -0.4 is 8.90 Å². The van der Waals surface area contributed by atoms with E-state index in [-0.39, 0.29) is 5.91 Å². The second kappa shape index (κ2) is 4.29. The minimum atomic E-state index is -1.97. The third kappa shape index (κ3) is 3.29. The van der Waals surface area contributed by atoms with E-state index in [1.807, 2.05) is 12.3 Å². The summed E-state index contributed by atoms with van der Waals surface area (Å²) in [6.45, 7) is 1.48. The van der Waals surface area contributed by atoms with E-state index in [4.69, 9.17) is 0 Å². The van der Waals surface area contributed by atoms with E-state index in [1.165, 1.54) is 10.5 Å². The van der Waals surface area contributed by atoms with Crippen LogP contribution in [0.15, 0.2) is 18.3 Å². The molecule has 0 unspecified atom stereocenters. The van der Waals surface area contributed by atoms with Gasteiger partial charge in [-0.05, 0) is 0 Å². The van der Waals surface area contributed by atoms with Gasteiger partial charge in [0.15, 0.2) is 0 Å². The van der Waals surface area contributed by atoms with Crippen molar-refractivity contribution < 1.29 is 4.79 Å². The number of hydrogen-bond acceptors (Lipinski definition) is 2. The molecule has 1 rings (SSSR count). The number of carbonyl (C=O) groups is 1. The topological polar surface area (TPSA) is 42.0 Å². The van der Waals surface area contributed by atoms with Gasteiger partial charge in [-0.3, -0.25) is 0 Å². The molecule has 0 spiro atoms. The average molecular weight is 299 g/mol. The average Bonchev–Trinajstić information content (AvgIpc) is 2.02. The molecule has 0 atom stereocenters. The van der Waals surface area contributed by atoms with E-state index >= 15 is 0 Å². The van der Waals surface area contributed by atoms with E-state index in [0.29, 0.717) is 5.82 Å². The number of rotatable bonds is 2. The van der Waals surface area contributed by atoms with E-state index in [0.717, 1.165) is 0 Å². The summed E-state index contributed by atoms with van der Waals surface area (Å²) < 4.78 is 1.37. The van der Waals surface area contributed by atoms with Gasteiger partial charge in [-0.1, -0.05) is 0 Å². The molecule has 0 saturated heterocycles. The predicted molar refractivity (Wildman–Crippen MR) is 61.5 cm³/mol. The molecule has 0 radical (unpaired) electrons. The van der Waals surface area contributed by atoms with Gasteiger partial charge in [0.2, 0.25) is 0 Å². The Bertz CT molecular complexity index is 327. The Morgan fingerprint density at radius 2 is 2.00 bits per heavy atom. The van der Waals surface area contributed by atoms with Crippen LogP contribution in [0.5, 0.6) is 0 Å². The van der Waals surface area contributed by atoms with Gasteiger partial charge in [0.25, 0.3) is 0 Å². The first-order valence-electron chi connectivity index (χ1n) is 4.64. The molecule has 0 aromatic carbocycles. The molecule has 0 bridgehead atoms. The molecule has 1 aromatic rings. The van der Waals surface area contributed by atoms with Crippen molar-refractivity contribution in [1.82, 2.24) is 4.98 Å². The van der Waals surface area contributed by atoms with Gasteiger partial charge in [0.05, 0.1) is 0 Å². The number of amides is 1. The summed E-state index contributed by atoms with van der Waals surface area (Å²) in [5, 5.41) is 2.66. The second-order valence-corrected chi connectivity index (χ2v) is 18.9. The number of aromatic nitrogens is 1. The zero-order chi connectivity index (χ0) is 10.8. The van der Waals surface area contributed by atoms with Crippen molar-refractivity contribution in [2.45, 2.75) is 21.7 Å². The van der Waals surface area contributed by atoms with Crippen molar-refractivity contribution in [1.29, 1.82) is 0 Å². The Morgan fingerprint density at radius 3 is 2.36 bits per heavy atom. The normalized spacial score (nSPS) is 11.1. The first-order valence-corrected chi connectivity index (χ1v) is 14.6. The summed E-state index contributed by atoms with van der Waals surface area (Å²) in [5.41, 5.74) is 0. The fourth-order valence-corrected chi connectivity index (χ4v) is 4.05. The van der Waals surface area contributed by atoms with Gasteiger partial charge in [0.1, 0.15) is 0 Å². The molecule has 0 saturated carbocycles. The number of hydrogen-bond donors (Lipinski definition) is 1. The summed E-state index contributed by atoms with van der Waals surface area (Å²) in [6, 6.07) is 3.95. The Morgan fingerprint density at radius 1 is 1.36 bits per heavy atom. The molecule has 0 aliphatic carbocycles. The summed E-state index contributed by atoms with van der Waals surface area (Å²) in [4.78, 5) is 22.0. The fourth-order valence-electron chi connectivity index (χ4n) is 1.09. The Balaban J connectivity index is 2.84. The van der Waals surface area contributed by atoms with Crippen molar-refractivity contribution >= 4 is 33.7 Å². The molecule has 14 heavy (non-hydrogen) atoms. The van der Waals surface area contributed by atoms with Gasteiger partial charge < -0.3 is 0 Å². The first kappa shape index (κ1) is 11.5. The van der Waals surface area contributed by atoms with Gasteiger partial charge in [0, 0.05) is 0 Å². The third-order valence-electron chi connectivity index (χ3n) is 1.93. The molecule has 0 aliphatic heterocycles. The SMILES string of the molecule is CC(=O)Nc1cc[c]([Sn]([CH3])([CH3])[CH3])cn1. The number of carbonyl (C=O) groups excluding carboxylic acids is 1. The quantitative estimate of drug-likeness (QED) is 0.843. The van der Waals surface area contributed by atoms with Crippen LogP contribution in [0.2, 0.25) is 14.8 Å². The van der Waals surface area contributed by atoms with Crippen LogP contribution in [-0.4, -0.2) is 29.3 Å². The summed E-state index contributed by atoms with van der Waals surface area (Å²) >= 11 is -1.97. The predicted octanol–water partition coefficient (Wildman–Crippen LogP) is 1.59. The molecule has 0 aliphatic rings. The van der Waals surface area contributed by atoms with Crippen molar-refractivity contribution in [3.63, 3.8) is 0 Å². The second-order valence-electron chi connectivity index (χ2n) is 4.36. The fraction of sp³-hybridized carbons (Fsp3) is 0.400. The Hall–Kier alpha value is -0.581. The molecule has 1 heterocycles. The minimum absolute atomic E-state index is 0.0791. The monoisotopic (exact) mass is 300 g/mol. The van der Waals surface area contributed by atoms with Crippen molar-refractivity contribution in [2.24, 2.45) is 0 Å². The molecule has 76 valence electrons. The van der Waals surface area contributed by atoms with Gasteiger partial charge in [-0.25, -0.2) is 0 Å². The van der Waals surface area contributed by atoms with Crippen LogP contribution in [0.25, 0.3) is 0 Å². The van der Waals surface area contributed by atoms with Crippen molar-refractivity contribution in [3.05, 3.63) is 18.3 Å². The molecular formula is C10H16N2OSn. The maximum atomic E-state index is 10.8. The molecular weight excluding hydrogens is 283 g/mol. The molecule has 1 amide bonds. The molecule has 1 N–H and O–H groups in total. The van der Waals surface area contributed by atoms with Crippen LogP contribution >= 0.6 is 0 Å². The summed E-state index contributed by atoms with van der Waals surface area (Å²) in [7, 11) is 0. The van der Waals surface area contributed by atoms with Crippen molar-refractivity contribution in [3.8, 4) is 0 Å². The van der Waals surface area contributed by atoms with Crippen LogP contribution in [0.4, 0.5) is 5.82 Å². The molecule has 0 fully saturated rings. The number of nitrogens with zero attached hydrogens (tertiary/aromatic N) is 1. The van der Waals surface area contributed by atoms with E-state index < -0.39 is 18.4 Å². The number of nitrogens with one attached hydrogen (secondary N) is 1. The Kier molecular flexibility index (Phi) is 3.53. The molecule has 3 nitrogen and oxygen atoms in total. The maximum absolute atomic E-state index is 10.8. The third-order valence-corrected chi connectivity index (χ3v) is 7.72. The van der Waals surface area contributed by atoms with Crippen LogP contribution in [0.3, 0.4) is 0 Å². The summed E-state index contributed by atoms with van der Waals surface area (Å²) in [5.74, 6) is 0.557. The van der Waals surface area contributed by atoms with Crippen molar-refractivity contribution in [2.75, 3.05) is 5.32 Å².